The molecule has 186 valence electrons. The highest BCUT2D eigenvalue weighted by atomic mass is 16.5. The molecule has 1 aliphatic heterocycles. The van der Waals surface area contributed by atoms with Gasteiger partial charge in [-0.25, -0.2) is 0 Å². The minimum Gasteiger partial charge on any atom is -0.493 e. The molecule has 0 fully saturated rings. The first-order valence-corrected chi connectivity index (χ1v) is 12.2. The van der Waals surface area contributed by atoms with Crippen molar-refractivity contribution in [3.8, 4) is 11.5 Å². The molecule has 1 amide bonds. The molecule has 2 heterocycles. The van der Waals surface area contributed by atoms with Gasteiger partial charge < -0.3 is 23.7 Å². The van der Waals surface area contributed by atoms with Crippen LogP contribution < -0.4 is 14.9 Å². The topological polar surface area (TPSA) is 72.2 Å². The lowest BCUT2D eigenvalue weighted by Gasteiger charge is -2.27. The van der Waals surface area contributed by atoms with Gasteiger partial charge in [0.25, 0.3) is 5.91 Å². The fraction of sp³-hybridized carbons (Fsp3) is 0.429. The second-order valence-corrected chi connectivity index (χ2v) is 9.00. The van der Waals surface area contributed by atoms with Crippen LogP contribution in [0, 0.1) is 13.8 Å². The van der Waals surface area contributed by atoms with E-state index in [1.165, 1.54) is 0 Å². The summed E-state index contributed by atoms with van der Waals surface area (Å²) >= 11 is 0. The molecule has 0 aliphatic carbocycles. The Morgan fingerprint density at radius 1 is 0.971 bits per heavy atom. The number of methoxy groups -OCH3 is 2. The molecule has 1 unspecified atom stereocenters. The number of hydrogen-bond donors (Lipinski definition) is 0. The second kappa shape index (κ2) is 10.1. The van der Waals surface area contributed by atoms with E-state index in [-0.39, 0.29) is 17.1 Å². The van der Waals surface area contributed by atoms with Crippen LogP contribution in [0.1, 0.15) is 59.1 Å². The third-order valence-corrected chi connectivity index (χ3v) is 7.07. The normalized spacial score (nSPS) is 15.2. The quantitative estimate of drug-likeness (QED) is 0.444. The molecule has 0 radical (unpaired) electrons. The lowest BCUT2D eigenvalue weighted by molar-refractivity contribution is 0.0720. The van der Waals surface area contributed by atoms with E-state index in [0.29, 0.717) is 34.6 Å². The summed E-state index contributed by atoms with van der Waals surface area (Å²) in [6, 6.07) is 8.67. The average molecular weight is 479 g/mol. The van der Waals surface area contributed by atoms with Crippen LogP contribution in [0.4, 0.5) is 0 Å². The number of hydrogen-bond acceptors (Lipinski definition) is 6. The molecule has 0 N–H and O–H groups in total. The molecular weight excluding hydrogens is 444 g/mol. The highest BCUT2D eigenvalue weighted by molar-refractivity contribution is 5.99. The maximum atomic E-state index is 13.8. The van der Waals surface area contributed by atoms with Crippen LogP contribution in [0.25, 0.3) is 11.0 Å². The minimum absolute atomic E-state index is 0.133. The molecule has 3 aromatic rings. The lowest BCUT2D eigenvalue weighted by atomic mass is 9.97. The van der Waals surface area contributed by atoms with Crippen molar-refractivity contribution in [3.63, 3.8) is 0 Å². The number of rotatable bonds is 9. The molecule has 0 saturated carbocycles. The van der Waals surface area contributed by atoms with Gasteiger partial charge in [0.05, 0.1) is 31.2 Å². The number of carbonyl (C=O) groups is 1. The van der Waals surface area contributed by atoms with Gasteiger partial charge in [-0.15, -0.1) is 0 Å². The predicted octanol–water partition coefficient (Wildman–Crippen LogP) is 4.70. The zero-order valence-corrected chi connectivity index (χ0v) is 21.4. The number of fused-ring (bicyclic) bond motifs is 2. The standard InChI is InChI=1S/C28H34N2O5/c1-7-29(8-2)12-9-13-30-25(19-10-11-21(33-5)23(16-19)34-6)24-26(31)20-14-17(3)18(4)15-22(20)35-27(24)28(30)32/h10-11,14-16,25H,7-9,12-13H2,1-6H3. The summed E-state index contributed by atoms with van der Waals surface area (Å²) in [6.07, 6.45) is 0.789. The van der Waals surface area contributed by atoms with Crippen molar-refractivity contribution >= 4 is 16.9 Å². The van der Waals surface area contributed by atoms with Gasteiger partial charge >= 0.3 is 0 Å². The summed E-state index contributed by atoms with van der Waals surface area (Å²) in [6.45, 7) is 11.5. The van der Waals surface area contributed by atoms with Gasteiger partial charge in [-0.3, -0.25) is 9.59 Å². The Morgan fingerprint density at radius 3 is 2.31 bits per heavy atom. The number of aryl methyl sites for hydroxylation is 2. The highest BCUT2D eigenvalue weighted by Gasteiger charge is 2.42. The zero-order valence-electron chi connectivity index (χ0n) is 21.4. The number of amides is 1. The number of benzene rings is 2. The van der Waals surface area contributed by atoms with Crippen molar-refractivity contribution in [2.24, 2.45) is 0 Å². The Hall–Kier alpha value is -3.32. The average Bonchev–Trinajstić information content (AvgIpc) is 3.14. The summed E-state index contributed by atoms with van der Waals surface area (Å²) < 4.78 is 17.1. The van der Waals surface area contributed by atoms with Gasteiger partial charge in [-0.1, -0.05) is 19.9 Å². The van der Waals surface area contributed by atoms with Crippen LogP contribution in [-0.2, 0) is 0 Å². The van der Waals surface area contributed by atoms with Crippen LogP contribution in [0.15, 0.2) is 39.5 Å². The molecule has 1 aliphatic rings. The lowest BCUT2D eigenvalue weighted by Crippen LogP contribution is -2.33. The monoisotopic (exact) mass is 478 g/mol. The first-order valence-electron chi connectivity index (χ1n) is 12.2. The van der Waals surface area contributed by atoms with Gasteiger partial charge in [0, 0.05) is 6.54 Å². The van der Waals surface area contributed by atoms with Gasteiger partial charge in [-0.2, -0.15) is 0 Å². The molecular formula is C28H34N2O5. The Kier molecular flexibility index (Phi) is 7.17. The summed E-state index contributed by atoms with van der Waals surface area (Å²) in [5.41, 5.74) is 3.48. The summed E-state index contributed by atoms with van der Waals surface area (Å²) in [5.74, 6) is 1.01. The zero-order chi connectivity index (χ0) is 25.3. The van der Waals surface area contributed by atoms with E-state index in [1.54, 1.807) is 25.2 Å². The van der Waals surface area contributed by atoms with Crippen molar-refractivity contribution in [1.29, 1.82) is 0 Å². The third-order valence-electron chi connectivity index (χ3n) is 7.07. The van der Waals surface area contributed by atoms with E-state index in [0.717, 1.165) is 42.7 Å². The minimum atomic E-state index is -0.559. The van der Waals surface area contributed by atoms with Crippen molar-refractivity contribution in [2.45, 2.75) is 40.2 Å². The second-order valence-electron chi connectivity index (χ2n) is 9.00. The fourth-order valence-corrected chi connectivity index (χ4v) is 4.88. The maximum Gasteiger partial charge on any atom is 0.290 e. The molecule has 7 heteroatoms. The van der Waals surface area contributed by atoms with Crippen molar-refractivity contribution in [1.82, 2.24) is 9.80 Å². The molecule has 0 bridgehead atoms. The van der Waals surface area contributed by atoms with Crippen LogP contribution in [0.3, 0.4) is 0 Å². The fourth-order valence-electron chi connectivity index (χ4n) is 4.88. The first kappa shape index (κ1) is 24.8. The predicted molar refractivity (Wildman–Crippen MR) is 137 cm³/mol. The van der Waals surface area contributed by atoms with Crippen molar-refractivity contribution < 1.29 is 18.7 Å². The van der Waals surface area contributed by atoms with Gasteiger partial charge in [0.2, 0.25) is 5.76 Å². The largest absolute Gasteiger partial charge is 0.493 e. The number of nitrogens with zero attached hydrogens (tertiary/aromatic N) is 2. The number of carbonyl (C=O) groups excluding carboxylic acids is 1. The Morgan fingerprint density at radius 2 is 1.66 bits per heavy atom. The third kappa shape index (κ3) is 4.41. The molecule has 4 rings (SSSR count). The van der Waals surface area contributed by atoms with Crippen LogP contribution in [0.5, 0.6) is 11.5 Å². The summed E-state index contributed by atoms with van der Waals surface area (Å²) in [7, 11) is 3.15. The molecule has 7 nitrogen and oxygen atoms in total. The van der Waals surface area contributed by atoms with Crippen molar-refractivity contribution in [3.05, 3.63) is 68.6 Å². The van der Waals surface area contributed by atoms with Crippen LogP contribution in [-0.4, -0.2) is 56.1 Å². The van der Waals surface area contributed by atoms with Crippen LogP contribution in [0.2, 0.25) is 0 Å². The summed E-state index contributed by atoms with van der Waals surface area (Å²) in [4.78, 5) is 31.5. The molecule has 0 saturated heterocycles. The number of ether oxygens (including phenoxy) is 2. The molecule has 0 spiro atoms. The highest BCUT2D eigenvalue weighted by Crippen LogP contribution is 2.41. The molecule has 2 aromatic carbocycles. The van der Waals surface area contributed by atoms with E-state index in [1.807, 2.05) is 38.1 Å². The Labute approximate surface area is 206 Å². The van der Waals surface area contributed by atoms with Gasteiger partial charge in [-0.05, 0) is 80.9 Å². The SMILES string of the molecule is CCN(CC)CCCN1C(=O)c2oc3cc(C)c(C)cc3c(=O)c2C1c1ccc(OC)c(OC)c1. The first-order chi connectivity index (χ1) is 16.8. The summed E-state index contributed by atoms with van der Waals surface area (Å²) in [5, 5.41) is 0.495. The molecule has 1 aromatic heterocycles. The Bertz CT molecular complexity index is 1310. The van der Waals surface area contributed by atoms with E-state index < -0.39 is 6.04 Å². The van der Waals surface area contributed by atoms with Gasteiger partial charge in [0.1, 0.15) is 5.58 Å². The van der Waals surface area contributed by atoms with Crippen molar-refractivity contribution in [2.75, 3.05) is 40.4 Å². The van der Waals surface area contributed by atoms with Crippen LogP contribution >= 0.6 is 0 Å². The van der Waals surface area contributed by atoms with E-state index >= 15 is 0 Å². The maximum absolute atomic E-state index is 13.8. The molecule has 35 heavy (non-hydrogen) atoms. The van der Waals surface area contributed by atoms with E-state index in [9.17, 15) is 9.59 Å². The molecule has 1 atom stereocenters. The van der Waals surface area contributed by atoms with E-state index in [4.69, 9.17) is 13.9 Å². The smallest absolute Gasteiger partial charge is 0.290 e. The Balaban J connectivity index is 1.86. The van der Waals surface area contributed by atoms with Gasteiger partial charge in [0.15, 0.2) is 16.9 Å². The van der Waals surface area contributed by atoms with E-state index in [2.05, 4.69) is 18.7 Å².